The van der Waals surface area contributed by atoms with Crippen LogP contribution in [-0.4, -0.2) is 62.9 Å². The van der Waals surface area contributed by atoms with Crippen LogP contribution in [-0.2, 0) is 6.42 Å². The van der Waals surface area contributed by atoms with Crippen molar-refractivity contribution in [3.63, 3.8) is 0 Å². The molecule has 0 aliphatic carbocycles. The third kappa shape index (κ3) is 9.25. The molecule has 0 heterocycles. The summed E-state index contributed by atoms with van der Waals surface area (Å²) in [5.41, 5.74) is 3.47. The van der Waals surface area contributed by atoms with Crippen molar-refractivity contribution in [3.8, 4) is 0 Å². The minimum absolute atomic E-state index is 0. The van der Waals surface area contributed by atoms with Crippen molar-refractivity contribution in [1.29, 1.82) is 0 Å². The molecule has 3 N–H and O–H groups in total. The Hall–Kier alpha value is -2.62. The van der Waals surface area contributed by atoms with Crippen LogP contribution in [0.15, 0.2) is 53.5 Å². The van der Waals surface area contributed by atoms with Crippen molar-refractivity contribution in [3.05, 3.63) is 70.8 Å². The number of aliphatic imine (C=N–C) groups is 1. The molecule has 174 valence electrons. The number of hydrogen-bond donors (Lipinski definition) is 3. The number of nitrogens with one attached hydrogen (secondary N) is 3. The van der Waals surface area contributed by atoms with E-state index in [2.05, 4.69) is 20.9 Å². The van der Waals surface area contributed by atoms with E-state index in [1.165, 1.54) is 0 Å². The Kier molecular flexibility index (Phi) is 12.4. The maximum atomic E-state index is 12.2. The predicted molar refractivity (Wildman–Crippen MR) is 141 cm³/mol. The van der Waals surface area contributed by atoms with Crippen LogP contribution >= 0.6 is 24.0 Å². The molecule has 0 saturated carbocycles. The molecule has 0 fully saturated rings. The van der Waals surface area contributed by atoms with Gasteiger partial charge < -0.3 is 20.9 Å². The minimum atomic E-state index is -0.0837. The summed E-state index contributed by atoms with van der Waals surface area (Å²) in [6.07, 6.45) is 0.731. The first-order valence-corrected chi connectivity index (χ1v) is 10.6. The predicted octanol–water partition coefficient (Wildman–Crippen LogP) is 2.84. The molecule has 0 spiro atoms. The zero-order valence-corrected chi connectivity index (χ0v) is 21.6. The number of carbonyl (C=O) groups excluding carboxylic acids is 2. The van der Waals surface area contributed by atoms with Crippen molar-refractivity contribution >= 4 is 41.8 Å². The van der Waals surface area contributed by atoms with E-state index in [9.17, 15) is 9.59 Å². The highest BCUT2D eigenvalue weighted by molar-refractivity contribution is 14.0. The number of hydrogen-bond acceptors (Lipinski definition) is 3. The van der Waals surface area contributed by atoms with Gasteiger partial charge in [-0.15, -0.1) is 24.0 Å². The highest BCUT2D eigenvalue weighted by Gasteiger charge is 2.08. The zero-order chi connectivity index (χ0) is 22.6. The molecule has 0 unspecified atom stereocenters. The summed E-state index contributed by atoms with van der Waals surface area (Å²) < 4.78 is 0. The number of carbonyl (C=O) groups is 2. The largest absolute Gasteiger partial charge is 0.357 e. The first kappa shape index (κ1) is 27.4. The molecule has 7 nitrogen and oxygen atoms in total. The van der Waals surface area contributed by atoms with Crippen LogP contribution in [0.1, 0.15) is 38.8 Å². The second kappa shape index (κ2) is 14.4. The Balaban J connectivity index is 0.00000512. The van der Waals surface area contributed by atoms with Gasteiger partial charge in [-0.25, -0.2) is 0 Å². The van der Waals surface area contributed by atoms with E-state index in [0.717, 1.165) is 24.1 Å². The quantitative estimate of drug-likeness (QED) is 0.194. The average Bonchev–Trinajstić information content (AvgIpc) is 2.76. The van der Waals surface area contributed by atoms with Crippen LogP contribution in [0, 0.1) is 6.92 Å². The highest BCUT2D eigenvalue weighted by atomic mass is 127. The SMILES string of the molecule is CCNC(=NCCc1cccc(C(=O)N(C)C)c1)NCCNC(=O)c1cccc(C)c1.I. The van der Waals surface area contributed by atoms with E-state index in [4.69, 9.17) is 0 Å². The molecule has 8 heteroatoms. The summed E-state index contributed by atoms with van der Waals surface area (Å²) in [6.45, 7) is 6.36. The van der Waals surface area contributed by atoms with Crippen LogP contribution in [0.2, 0.25) is 0 Å². The summed E-state index contributed by atoms with van der Waals surface area (Å²) in [5, 5.41) is 9.35. The van der Waals surface area contributed by atoms with E-state index >= 15 is 0 Å². The third-order valence-corrected chi connectivity index (χ3v) is 4.58. The van der Waals surface area contributed by atoms with Crippen LogP contribution in [0.25, 0.3) is 0 Å². The van der Waals surface area contributed by atoms with E-state index in [1.807, 2.05) is 62.4 Å². The molecule has 32 heavy (non-hydrogen) atoms. The lowest BCUT2D eigenvalue weighted by Gasteiger charge is -2.12. The summed E-state index contributed by atoms with van der Waals surface area (Å²) in [5.74, 6) is 0.612. The van der Waals surface area contributed by atoms with Crippen LogP contribution in [0.5, 0.6) is 0 Å². The molecule has 0 aromatic heterocycles. The van der Waals surface area contributed by atoms with Crippen LogP contribution < -0.4 is 16.0 Å². The summed E-state index contributed by atoms with van der Waals surface area (Å²) in [7, 11) is 3.49. The number of rotatable bonds is 9. The van der Waals surface area contributed by atoms with Crippen molar-refractivity contribution in [1.82, 2.24) is 20.9 Å². The Bertz CT molecular complexity index is 915. The molecule has 2 aromatic carbocycles. The van der Waals surface area contributed by atoms with Gasteiger partial charge in [0.2, 0.25) is 0 Å². The fourth-order valence-corrected chi connectivity index (χ4v) is 3.00. The van der Waals surface area contributed by atoms with Gasteiger partial charge in [0.25, 0.3) is 11.8 Å². The molecular weight excluding hydrogens is 517 g/mol. The molecule has 0 saturated heterocycles. The summed E-state index contributed by atoms with van der Waals surface area (Å²) in [6, 6.07) is 15.2. The van der Waals surface area contributed by atoms with E-state index in [-0.39, 0.29) is 35.8 Å². The summed E-state index contributed by atoms with van der Waals surface area (Å²) in [4.78, 5) is 30.5. The fraction of sp³-hybridized carbons (Fsp3) is 0.375. The third-order valence-electron chi connectivity index (χ3n) is 4.58. The number of aryl methyl sites for hydroxylation is 1. The second-order valence-electron chi connectivity index (χ2n) is 7.46. The van der Waals surface area contributed by atoms with Gasteiger partial charge in [0, 0.05) is 51.4 Å². The molecule has 0 aliphatic rings. The van der Waals surface area contributed by atoms with E-state index < -0.39 is 0 Å². The van der Waals surface area contributed by atoms with Crippen LogP contribution in [0.4, 0.5) is 0 Å². The molecule has 2 amide bonds. The standard InChI is InChI=1S/C24H33N5O2.HI/c1-5-25-24(28-15-14-26-22(30)20-10-6-8-18(2)16-20)27-13-12-19-9-7-11-21(17-19)23(31)29(3)4;/h6-11,16-17H,5,12-15H2,1-4H3,(H,26,30)(H2,25,27,28);1H. The number of amides is 2. The lowest BCUT2D eigenvalue weighted by atomic mass is 10.1. The highest BCUT2D eigenvalue weighted by Crippen LogP contribution is 2.08. The van der Waals surface area contributed by atoms with E-state index in [0.29, 0.717) is 36.7 Å². The number of halogens is 1. The lowest BCUT2D eigenvalue weighted by molar-refractivity contribution is 0.0827. The van der Waals surface area contributed by atoms with Gasteiger partial charge in [-0.05, 0) is 50.1 Å². The van der Waals surface area contributed by atoms with Gasteiger partial charge in [0.15, 0.2) is 5.96 Å². The van der Waals surface area contributed by atoms with E-state index in [1.54, 1.807) is 19.0 Å². The monoisotopic (exact) mass is 551 g/mol. The first-order chi connectivity index (χ1) is 14.9. The van der Waals surface area contributed by atoms with Gasteiger partial charge in [-0.1, -0.05) is 29.8 Å². The Morgan fingerprint density at radius 3 is 2.31 bits per heavy atom. The molecule has 2 aromatic rings. The van der Waals surface area contributed by atoms with Gasteiger partial charge in [0.05, 0.1) is 0 Å². The average molecular weight is 551 g/mol. The van der Waals surface area contributed by atoms with Crippen molar-refractivity contribution in [2.45, 2.75) is 20.3 Å². The van der Waals surface area contributed by atoms with Crippen molar-refractivity contribution < 1.29 is 9.59 Å². The summed E-state index contributed by atoms with van der Waals surface area (Å²) >= 11 is 0. The minimum Gasteiger partial charge on any atom is -0.357 e. The van der Waals surface area contributed by atoms with Crippen molar-refractivity contribution in [2.24, 2.45) is 4.99 Å². The van der Waals surface area contributed by atoms with Crippen LogP contribution in [0.3, 0.4) is 0 Å². The normalized spacial score (nSPS) is 10.7. The second-order valence-corrected chi connectivity index (χ2v) is 7.46. The van der Waals surface area contributed by atoms with Crippen molar-refractivity contribution in [2.75, 3.05) is 40.3 Å². The maximum absolute atomic E-state index is 12.2. The van der Waals surface area contributed by atoms with Gasteiger partial charge >= 0.3 is 0 Å². The Labute approximate surface area is 208 Å². The number of guanidine groups is 1. The lowest BCUT2D eigenvalue weighted by Crippen LogP contribution is -2.41. The first-order valence-electron chi connectivity index (χ1n) is 10.6. The smallest absolute Gasteiger partial charge is 0.253 e. The topological polar surface area (TPSA) is 85.8 Å². The van der Waals surface area contributed by atoms with Gasteiger partial charge in [0.1, 0.15) is 0 Å². The molecule has 0 bridgehead atoms. The molecule has 2 rings (SSSR count). The molecule has 0 aliphatic heterocycles. The zero-order valence-electron chi connectivity index (χ0n) is 19.3. The number of nitrogens with zero attached hydrogens (tertiary/aromatic N) is 2. The van der Waals surface area contributed by atoms with Gasteiger partial charge in [-0.2, -0.15) is 0 Å². The fourth-order valence-electron chi connectivity index (χ4n) is 3.00. The molecular formula is C24H34IN5O2. The molecule has 0 atom stereocenters. The molecule has 0 radical (unpaired) electrons. The Morgan fingerprint density at radius 1 is 0.938 bits per heavy atom. The number of benzene rings is 2. The Morgan fingerprint density at radius 2 is 1.62 bits per heavy atom. The van der Waals surface area contributed by atoms with Gasteiger partial charge in [-0.3, -0.25) is 14.6 Å². The maximum Gasteiger partial charge on any atom is 0.253 e.